The first-order valence-electron chi connectivity index (χ1n) is 6.55. The van der Waals surface area contributed by atoms with Gasteiger partial charge in [0.25, 0.3) is 0 Å². The van der Waals surface area contributed by atoms with Crippen LogP contribution in [0.3, 0.4) is 0 Å². The third-order valence-electron chi connectivity index (χ3n) is 3.16. The van der Waals surface area contributed by atoms with Gasteiger partial charge in [-0.05, 0) is 4.47 Å². The molecule has 0 saturated heterocycles. The van der Waals surface area contributed by atoms with Crippen LogP contribution in [0.25, 0.3) is 21.5 Å². The molecule has 4 rings (SSSR count). The molecule has 0 N–H and O–H groups in total. The first-order chi connectivity index (χ1) is 10.3. The van der Waals surface area contributed by atoms with Crippen molar-refractivity contribution in [3.8, 4) is 0 Å². The van der Waals surface area contributed by atoms with Crippen LogP contribution in [0.5, 0.6) is 0 Å². The second-order valence-corrected chi connectivity index (χ2v) is 5.38. The Morgan fingerprint density at radius 3 is 2.16 bits per heavy atom. The van der Waals surface area contributed by atoms with Crippen molar-refractivity contribution in [3.05, 3.63) is 92.2 Å². The molecule has 134 valence electrons. The fraction of sp³-hybridized carbons (Fsp3) is 0.0500. The second kappa shape index (κ2) is 16.1. The van der Waals surface area contributed by atoms with E-state index in [1.165, 1.54) is 44.9 Å². The third kappa shape index (κ3) is 8.45. The number of rotatable bonds is 0. The molecule has 0 heterocycles. The van der Waals surface area contributed by atoms with E-state index in [4.69, 9.17) is 0 Å². The number of halogens is 3. The molecule has 0 atom stereocenters. The van der Waals surface area contributed by atoms with Gasteiger partial charge in [-0.15, -0.1) is 71.0 Å². The monoisotopic (exact) mass is 528 g/mol. The maximum absolute atomic E-state index is 3.49. The summed E-state index contributed by atoms with van der Waals surface area (Å²) < 4.78 is 1.14. The van der Waals surface area contributed by atoms with E-state index in [0.29, 0.717) is 0 Å². The normalized spacial score (nSPS) is 9.92. The van der Waals surface area contributed by atoms with Crippen LogP contribution in [-0.2, 0) is 23.3 Å². The van der Waals surface area contributed by atoms with Crippen LogP contribution in [0.4, 0.5) is 0 Å². The summed E-state index contributed by atoms with van der Waals surface area (Å²) in [5, 5.41) is 5.31. The zero-order chi connectivity index (χ0) is 15.1. The van der Waals surface area contributed by atoms with Crippen LogP contribution >= 0.6 is 40.7 Å². The van der Waals surface area contributed by atoms with Crippen molar-refractivity contribution < 1.29 is 23.3 Å². The van der Waals surface area contributed by atoms with Gasteiger partial charge in [0.2, 0.25) is 0 Å². The molecule has 2 radical (unpaired) electrons. The Morgan fingerprint density at radius 2 is 1.60 bits per heavy atom. The molecule has 0 amide bonds. The molecular formula is C20H21BrCl2SiZr-4. The first kappa shape index (κ1) is 29.7. The zero-order valence-corrected chi connectivity index (χ0v) is 20.9. The van der Waals surface area contributed by atoms with Gasteiger partial charge >= 0.3 is 30.2 Å². The van der Waals surface area contributed by atoms with E-state index in [1.54, 1.807) is 0 Å². The van der Waals surface area contributed by atoms with Gasteiger partial charge in [0.1, 0.15) is 0 Å². The first-order valence-corrected chi connectivity index (χ1v) is 11.5. The van der Waals surface area contributed by atoms with Crippen LogP contribution in [0, 0.1) is 20.9 Å². The number of hydrogen-bond donors (Lipinski definition) is 0. The van der Waals surface area contributed by atoms with Gasteiger partial charge in [-0.2, -0.15) is 6.08 Å². The molecule has 1 aliphatic rings. The van der Waals surface area contributed by atoms with Crippen molar-refractivity contribution in [3.63, 3.8) is 0 Å². The van der Waals surface area contributed by atoms with E-state index < -0.39 is 0 Å². The van der Waals surface area contributed by atoms with Crippen molar-refractivity contribution >= 4 is 69.2 Å². The van der Waals surface area contributed by atoms with E-state index in [2.05, 4.69) is 83.5 Å². The van der Waals surface area contributed by atoms with Gasteiger partial charge in [0.05, 0.1) is 0 Å². The van der Waals surface area contributed by atoms with Crippen LogP contribution in [0.15, 0.2) is 71.2 Å². The fourth-order valence-electron chi connectivity index (χ4n) is 2.27. The molecule has 0 aromatic heterocycles. The third-order valence-corrected chi connectivity index (χ3v) is 3.65. The van der Waals surface area contributed by atoms with Crippen molar-refractivity contribution in [1.82, 2.24) is 0 Å². The maximum atomic E-state index is 3.49. The molecule has 5 heteroatoms. The summed E-state index contributed by atoms with van der Waals surface area (Å²) in [5.41, 5.74) is 0. The molecular weight excluding hydrogens is 510 g/mol. The van der Waals surface area contributed by atoms with Crippen LogP contribution in [0.1, 0.15) is 6.42 Å². The number of allylic oxidation sites excluding steroid dienone is 4. The number of benzene rings is 2. The Labute approximate surface area is 189 Å². The molecule has 25 heavy (non-hydrogen) atoms. The minimum absolute atomic E-state index is 0. The van der Waals surface area contributed by atoms with E-state index in [9.17, 15) is 0 Å². The quantitative estimate of drug-likeness (QED) is 0.214. The van der Waals surface area contributed by atoms with E-state index in [0.717, 1.165) is 10.9 Å². The van der Waals surface area contributed by atoms with E-state index in [1.807, 2.05) is 12.2 Å². The van der Waals surface area contributed by atoms with Gasteiger partial charge in [-0.3, -0.25) is 6.08 Å². The molecule has 0 saturated carbocycles. The van der Waals surface area contributed by atoms with Gasteiger partial charge in [-0.25, -0.2) is 12.2 Å². The average Bonchev–Trinajstić information content (AvgIpc) is 3.20. The van der Waals surface area contributed by atoms with Gasteiger partial charge in [-0.1, -0.05) is 46.3 Å². The molecule has 0 nitrogen and oxygen atoms in total. The van der Waals surface area contributed by atoms with E-state index in [-0.39, 0.29) is 39.7 Å². The minimum atomic E-state index is 0. The summed E-state index contributed by atoms with van der Waals surface area (Å²) in [6.45, 7) is 3.06. The molecule has 0 unspecified atom stereocenters. The van der Waals surface area contributed by atoms with Crippen molar-refractivity contribution in [1.29, 1.82) is 0 Å². The summed E-state index contributed by atoms with van der Waals surface area (Å²) >= 11 is 4.85. The molecule has 0 spiro atoms. The Bertz CT molecular complexity index is 787. The summed E-state index contributed by atoms with van der Waals surface area (Å²) in [6.07, 6.45) is 10.0. The fourth-order valence-corrected chi connectivity index (χ4v) is 2.65. The Balaban J connectivity index is -0.000000385. The van der Waals surface area contributed by atoms with Crippen molar-refractivity contribution in [2.24, 2.45) is 0 Å². The zero-order valence-electron chi connectivity index (χ0n) is 14.3. The Kier molecular flexibility index (Phi) is 19.2. The second-order valence-electron chi connectivity index (χ2n) is 4.47. The van der Waals surface area contributed by atoms with Gasteiger partial charge in [0.15, 0.2) is 0 Å². The van der Waals surface area contributed by atoms with Gasteiger partial charge < -0.3 is 14.9 Å². The van der Waals surface area contributed by atoms with Crippen LogP contribution < -0.4 is 0 Å². The van der Waals surface area contributed by atoms with E-state index >= 15 is 0 Å². The van der Waals surface area contributed by atoms with Crippen molar-refractivity contribution in [2.45, 2.75) is 6.42 Å². The Hall–Kier alpha value is -0.0500. The molecule has 0 aliphatic heterocycles. The summed E-state index contributed by atoms with van der Waals surface area (Å²) in [4.78, 5) is 0. The molecule has 1 aliphatic carbocycles. The Morgan fingerprint density at radius 1 is 0.960 bits per heavy atom. The number of hydrogen-bond acceptors (Lipinski definition) is 0. The predicted molar refractivity (Wildman–Crippen MR) is 119 cm³/mol. The van der Waals surface area contributed by atoms with Gasteiger partial charge in [0, 0.05) is 0 Å². The standard InChI is InChI=1S/C13H8Br.C5H5.2CH3.2ClH.Si.Zr/c14-11-5-6-13-10(8-11)7-9-3-1-2-4-12(9)13;1-2-4-5-3-1;;;;;;/h1-8H;1-3H,4H2;2*1H3;2*1H;;/q4*-1;;;;. The van der Waals surface area contributed by atoms with Crippen molar-refractivity contribution in [2.75, 3.05) is 0 Å². The molecule has 3 aromatic rings. The SMILES string of the molecule is Brc1ccc2c(c1)[cH-]c1ccccc12.Cl.Cl.[C-]1=CC=CC1.[CH3-].[CH3-].[Si]=[Zr]. The van der Waals surface area contributed by atoms with Crippen LogP contribution in [-0.4, -0.2) is 6.88 Å². The molecule has 3 aromatic carbocycles. The van der Waals surface area contributed by atoms with Crippen LogP contribution in [0.2, 0.25) is 0 Å². The number of fused-ring (bicyclic) bond motifs is 3. The predicted octanol–water partition coefficient (Wildman–Crippen LogP) is 7.14. The summed E-state index contributed by atoms with van der Waals surface area (Å²) in [5.74, 6) is 0. The molecule has 0 fully saturated rings. The average molecular weight is 532 g/mol. The summed E-state index contributed by atoms with van der Waals surface area (Å²) in [6, 6.07) is 17.1. The molecule has 0 bridgehead atoms. The topological polar surface area (TPSA) is 0 Å². The summed E-state index contributed by atoms with van der Waals surface area (Å²) in [7, 11) is 0.